The lowest BCUT2D eigenvalue weighted by molar-refractivity contribution is 0.479. The van der Waals surface area contributed by atoms with Gasteiger partial charge < -0.3 is 9.73 Å². The van der Waals surface area contributed by atoms with Gasteiger partial charge in [-0.15, -0.1) is 0 Å². The van der Waals surface area contributed by atoms with E-state index in [-0.39, 0.29) is 10.9 Å². The minimum Gasteiger partial charge on any atom is -0.469 e. The van der Waals surface area contributed by atoms with Gasteiger partial charge in [0.25, 0.3) is 0 Å². The number of pyridine rings is 1. The van der Waals surface area contributed by atoms with Crippen LogP contribution in [0.25, 0.3) is 0 Å². The molecule has 2 rings (SSSR count). The standard InChI is InChI=1S/C13H17N3O3S/c1-10(8-11-4-3-7-19-11)16-20(17,18)12-5-6-13(14-2)15-9-12/h3-7,9-10,16H,8H2,1-2H3,(H,14,15). The lowest BCUT2D eigenvalue weighted by Crippen LogP contribution is -2.34. The van der Waals surface area contributed by atoms with Crippen molar-refractivity contribution in [2.45, 2.75) is 24.3 Å². The Morgan fingerprint density at radius 2 is 2.15 bits per heavy atom. The quantitative estimate of drug-likeness (QED) is 0.846. The van der Waals surface area contributed by atoms with Crippen LogP contribution in [0.3, 0.4) is 0 Å². The van der Waals surface area contributed by atoms with Crippen molar-refractivity contribution in [3.8, 4) is 0 Å². The summed E-state index contributed by atoms with van der Waals surface area (Å²) >= 11 is 0. The molecule has 0 aromatic carbocycles. The van der Waals surface area contributed by atoms with Crippen molar-refractivity contribution in [3.05, 3.63) is 42.5 Å². The van der Waals surface area contributed by atoms with Crippen molar-refractivity contribution in [2.75, 3.05) is 12.4 Å². The molecule has 0 bridgehead atoms. The monoisotopic (exact) mass is 295 g/mol. The van der Waals surface area contributed by atoms with E-state index in [0.29, 0.717) is 12.2 Å². The van der Waals surface area contributed by atoms with Crippen LogP contribution in [0.4, 0.5) is 5.82 Å². The van der Waals surface area contributed by atoms with Gasteiger partial charge in [0.1, 0.15) is 16.5 Å². The van der Waals surface area contributed by atoms with Gasteiger partial charge in [-0.2, -0.15) is 0 Å². The van der Waals surface area contributed by atoms with Crippen molar-refractivity contribution in [1.82, 2.24) is 9.71 Å². The van der Waals surface area contributed by atoms with E-state index in [2.05, 4.69) is 15.0 Å². The molecule has 0 amide bonds. The molecule has 1 atom stereocenters. The van der Waals surface area contributed by atoms with Crippen LogP contribution >= 0.6 is 0 Å². The Morgan fingerprint density at radius 3 is 2.70 bits per heavy atom. The van der Waals surface area contributed by atoms with Crippen LogP contribution in [-0.2, 0) is 16.4 Å². The highest BCUT2D eigenvalue weighted by Gasteiger charge is 2.18. The fourth-order valence-electron chi connectivity index (χ4n) is 1.79. The molecule has 6 nitrogen and oxygen atoms in total. The van der Waals surface area contributed by atoms with Crippen LogP contribution in [0.2, 0.25) is 0 Å². The molecule has 2 aromatic heterocycles. The molecule has 1 unspecified atom stereocenters. The molecule has 0 saturated heterocycles. The maximum Gasteiger partial charge on any atom is 0.242 e. The number of nitrogens with zero attached hydrogens (tertiary/aromatic N) is 1. The van der Waals surface area contributed by atoms with Crippen molar-refractivity contribution in [1.29, 1.82) is 0 Å². The molecule has 0 fully saturated rings. The lowest BCUT2D eigenvalue weighted by atomic mass is 10.2. The summed E-state index contributed by atoms with van der Waals surface area (Å²) in [5, 5.41) is 2.84. The van der Waals surface area contributed by atoms with Crippen LogP contribution in [-0.4, -0.2) is 26.5 Å². The number of nitrogens with one attached hydrogen (secondary N) is 2. The van der Waals surface area contributed by atoms with Gasteiger partial charge in [-0.1, -0.05) is 0 Å². The second-order valence-corrected chi connectivity index (χ2v) is 6.15. The summed E-state index contributed by atoms with van der Waals surface area (Å²) in [4.78, 5) is 4.14. The van der Waals surface area contributed by atoms with E-state index in [0.717, 1.165) is 5.76 Å². The van der Waals surface area contributed by atoms with E-state index in [9.17, 15) is 8.42 Å². The molecule has 0 aliphatic heterocycles. The van der Waals surface area contributed by atoms with Crippen molar-refractivity contribution < 1.29 is 12.8 Å². The summed E-state index contributed by atoms with van der Waals surface area (Å²) in [6.07, 6.45) is 3.39. The number of anilines is 1. The second-order valence-electron chi connectivity index (χ2n) is 4.43. The number of aromatic nitrogens is 1. The summed E-state index contributed by atoms with van der Waals surface area (Å²) in [5.74, 6) is 1.36. The minimum atomic E-state index is -3.57. The molecule has 2 heterocycles. The molecular weight excluding hydrogens is 278 g/mol. The first-order chi connectivity index (χ1) is 9.51. The summed E-state index contributed by atoms with van der Waals surface area (Å²) in [7, 11) is -1.85. The van der Waals surface area contributed by atoms with Gasteiger partial charge in [0.05, 0.1) is 6.26 Å². The van der Waals surface area contributed by atoms with E-state index in [1.54, 1.807) is 32.4 Å². The Hall–Kier alpha value is -1.86. The first-order valence-electron chi connectivity index (χ1n) is 6.20. The van der Waals surface area contributed by atoms with Gasteiger partial charge in [0.15, 0.2) is 0 Å². The summed E-state index contributed by atoms with van der Waals surface area (Å²) in [5.41, 5.74) is 0. The Kier molecular flexibility index (Phi) is 4.41. The van der Waals surface area contributed by atoms with E-state index >= 15 is 0 Å². The molecule has 0 spiro atoms. The third-order valence-corrected chi connectivity index (χ3v) is 4.32. The zero-order chi connectivity index (χ0) is 14.6. The molecule has 0 aliphatic carbocycles. The molecule has 2 N–H and O–H groups in total. The summed E-state index contributed by atoms with van der Waals surface area (Å²) < 4.78 is 32.1. The Balaban J connectivity index is 2.05. The predicted octanol–water partition coefficient (Wildman–Crippen LogP) is 1.63. The third-order valence-electron chi connectivity index (χ3n) is 2.75. The average molecular weight is 295 g/mol. The number of furan rings is 1. The third kappa shape index (κ3) is 3.58. The molecule has 2 aromatic rings. The van der Waals surface area contributed by atoms with Crippen LogP contribution in [0.5, 0.6) is 0 Å². The van der Waals surface area contributed by atoms with E-state index < -0.39 is 10.0 Å². The summed E-state index contributed by atoms with van der Waals surface area (Å²) in [6, 6.07) is 6.45. The van der Waals surface area contributed by atoms with Crippen molar-refractivity contribution >= 4 is 15.8 Å². The first-order valence-corrected chi connectivity index (χ1v) is 7.68. The van der Waals surface area contributed by atoms with Crippen LogP contribution in [0.15, 0.2) is 46.0 Å². The van der Waals surface area contributed by atoms with Gasteiger partial charge in [0, 0.05) is 25.7 Å². The first kappa shape index (κ1) is 14.5. The van der Waals surface area contributed by atoms with E-state index in [1.165, 1.54) is 12.3 Å². The molecule has 0 radical (unpaired) electrons. The number of rotatable bonds is 6. The Labute approximate surface area is 118 Å². The fourth-order valence-corrected chi connectivity index (χ4v) is 2.98. The van der Waals surface area contributed by atoms with Gasteiger partial charge in [-0.05, 0) is 31.2 Å². The molecule has 7 heteroatoms. The lowest BCUT2D eigenvalue weighted by Gasteiger charge is -2.13. The van der Waals surface area contributed by atoms with Gasteiger partial charge in [-0.25, -0.2) is 18.1 Å². The van der Waals surface area contributed by atoms with Crippen LogP contribution < -0.4 is 10.0 Å². The highest BCUT2D eigenvalue weighted by atomic mass is 32.2. The molecule has 0 saturated carbocycles. The zero-order valence-electron chi connectivity index (χ0n) is 11.3. The normalized spacial score (nSPS) is 13.1. The minimum absolute atomic E-state index is 0.141. The molecule has 0 aliphatic rings. The van der Waals surface area contributed by atoms with Gasteiger partial charge in [0.2, 0.25) is 10.0 Å². The molecule has 108 valence electrons. The highest BCUT2D eigenvalue weighted by Crippen LogP contribution is 2.12. The van der Waals surface area contributed by atoms with Gasteiger partial charge >= 0.3 is 0 Å². The van der Waals surface area contributed by atoms with E-state index in [4.69, 9.17) is 4.42 Å². The highest BCUT2D eigenvalue weighted by molar-refractivity contribution is 7.89. The number of hydrogen-bond donors (Lipinski definition) is 2. The molecular formula is C13H17N3O3S. The fraction of sp³-hybridized carbons (Fsp3) is 0.308. The average Bonchev–Trinajstić information content (AvgIpc) is 2.91. The number of sulfonamides is 1. The SMILES string of the molecule is CNc1ccc(S(=O)(=O)NC(C)Cc2ccco2)cn1. The maximum absolute atomic E-state index is 12.2. The Morgan fingerprint density at radius 1 is 1.35 bits per heavy atom. The largest absolute Gasteiger partial charge is 0.469 e. The predicted molar refractivity (Wildman–Crippen MR) is 76.0 cm³/mol. The van der Waals surface area contributed by atoms with E-state index in [1.807, 2.05) is 6.07 Å². The Bertz CT molecular complexity index is 636. The van der Waals surface area contributed by atoms with Crippen LogP contribution in [0, 0.1) is 0 Å². The maximum atomic E-state index is 12.2. The summed E-state index contributed by atoms with van der Waals surface area (Å²) in [6.45, 7) is 1.79. The number of hydrogen-bond acceptors (Lipinski definition) is 5. The van der Waals surface area contributed by atoms with Gasteiger partial charge in [-0.3, -0.25) is 0 Å². The zero-order valence-corrected chi connectivity index (χ0v) is 12.1. The topological polar surface area (TPSA) is 84.2 Å². The molecule has 20 heavy (non-hydrogen) atoms. The van der Waals surface area contributed by atoms with Crippen molar-refractivity contribution in [2.24, 2.45) is 0 Å². The smallest absolute Gasteiger partial charge is 0.242 e. The van der Waals surface area contributed by atoms with Crippen molar-refractivity contribution in [3.63, 3.8) is 0 Å². The van der Waals surface area contributed by atoms with Crippen LogP contribution in [0.1, 0.15) is 12.7 Å². The second kappa shape index (κ2) is 6.06.